The second kappa shape index (κ2) is 10.6. The third-order valence-corrected chi connectivity index (χ3v) is 7.56. The van der Waals surface area contributed by atoms with E-state index in [9.17, 15) is 9.65 Å². The van der Waals surface area contributed by atoms with Crippen LogP contribution in [0.15, 0.2) is 30.5 Å². The van der Waals surface area contributed by atoms with E-state index in [1.54, 1.807) is 12.3 Å². The van der Waals surface area contributed by atoms with Gasteiger partial charge < -0.3 is 19.9 Å². The molecule has 0 radical (unpaired) electrons. The molecule has 0 unspecified atom stereocenters. The van der Waals surface area contributed by atoms with Gasteiger partial charge in [0.05, 0.1) is 35.8 Å². The fraction of sp³-hybridized carbons (Fsp3) is 0.333. The van der Waals surface area contributed by atoms with Crippen molar-refractivity contribution in [3.8, 4) is 29.7 Å². The zero-order valence-electron chi connectivity index (χ0n) is 22.0. The number of hydrogen-bond acceptors (Lipinski definition) is 8. The van der Waals surface area contributed by atoms with E-state index in [0.29, 0.717) is 66.8 Å². The Hall–Kier alpha value is -4.38. The number of nitriles is 1. The maximum atomic E-state index is 16.6. The minimum atomic E-state index is -0.688. The summed E-state index contributed by atoms with van der Waals surface area (Å²) in [5.41, 5.74) is 0.530. The van der Waals surface area contributed by atoms with E-state index in [0.717, 1.165) is 19.4 Å². The van der Waals surface area contributed by atoms with Gasteiger partial charge in [0.25, 0.3) is 0 Å². The highest BCUT2D eigenvalue weighted by atomic mass is 19.1. The molecule has 2 saturated heterocycles. The van der Waals surface area contributed by atoms with E-state index in [2.05, 4.69) is 27.3 Å². The number of morpholine rings is 1. The third-order valence-electron chi connectivity index (χ3n) is 7.56. The zero-order valence-corrected chi connectivity index (χ0v) is 22.0. The minimum absolute atomic E-state index is 0.0144. The van der Waals surface area contributed by atoms with Crippen molar-refractivity contribution in [3.63, 3.8) is 0 Å². The number of anilines is 2. The molecule has 0 saturated carbocycles. The Morgan fingerprint density at radius 2 is 2.05 bits per heavy atom. The van der Waals surface area contributed by atoms with Crippen LogP contribution in [0.2, 0.25) is 0 Å². The lowest BCUT2D eigenvalue weighted by Gasteiger charge is -2.29. The Labute approximate surface area is 230 Å². The Bertz CT molecular complexity index is 1700. The predicted octanol–water partition coefficient (Wildman–Crippen LogP) is 4.00. The lowest BCUT2D eigenvalue weighted by atomic mass is 9.94. The number of pyridine rings is 1. The SMILES string of the molecule is C#Cc1c(F)ccc2cc(C#N)cc(-c3ncc4c(N(C)C[C@@H]5CCCN5)nc(N5CCOCC5)nc4c3F)c12. The van der Waals surface area contributed by atoms with Crippen LogP contribution in [0.1, 0.15) is 24.0 Å². The van der Waals surface area contributed by atoms with Gasteiger partial charge in [-0.1, -0.05) is 12.0 Å². The molecule has 8 nitrogen and oxygen atoms in total. The third kappa shape index (κ3) is 4.56. The van der Waals surface area contributed by atoms with E-state index < -0.39 is 11.6 Å². The van der Waals surface area contributed by atoms with E-state index >= 15 is 4.39 Å². The van der Waals surface area contributed by atoms with Crippen molar-refractivity contribution < 1.29 is 13.5 Å². The van der Waals surface area contributed by atoms with Gasteiger partial charge in [0, 0.05) is 49.9 Å². The number of hydrogen-bond donors (Lipinski definition) is 1. The van der Waals surface area contributed by atoms with E-state index in [-0.39, 0.29) is 27.9 Å². The molecular formula is C30H27F2N7O. The van der Waals surface area contributed by atoms with Crippen LogP contribution in [0, 0.1) is 35.3 Å². The van der Waals surface area contributed by atoms with Crippen LogP contribution in [0.5, 0.6) is 0 Å². The van der Waals surface area contributed by atoms with Gasteiger partial charge in [-0.2, -0.15) is 10.2 Å². The van der Waals surface area contributed by atoms with Gasteiger partial charge >= 0.3 is 0 Å². The first-order valence-electron chi connectivity index (χ1n) is 13.2. The first-order valence-corrected chi connectivity index (χ1v) is 13.2. The number of ether oxygens (including phenoxy) is 1. The number of terminal acetylenes is 1. The van der Waals surface area contributed by atoms with Crippen LogP contribution < -0.4 is 15.1 Å². The van der Waals surface area contributed by atoms with Gasteiger partial charge in [-0.25, -0.2) is 13.8 Å². The maximum absolute atomic E-state index is 16.6. The summed E-state index contributed by atoms with van der Waals surface area (Å²) in [6.07, 6.45) is 9.38. The molecule has 0 spiro atoms. The van der Waals surface area contributed by atoms with Gasteiger partial charge in [0.1, 0.15) is 22.8 Å². The van der Waals surface area contributed by atoms with Crippen LogP contribution in [-0.4, -0.2) is 67.4 Å². The van der Waals surface area contributed by atoms with E-state index in [1.807, 2.05) is 16.8 Å². The normalized spacial score (nSPS) is 17.2. The average Bonchev–Trinajstić information content (AvgIpc) is 3.50. The van der Waals surface area contributed by atoms with Crippen molar-refractivity contribution in [2.45, 2.75) is 18.9 Å². The van der Waals surface area contributed by atoms with Crippen molar-refractivity contribution in [2.24, 2.45) is 0 Å². The van der Waals surface area contributed by atoms with Gasteiger partial charge in [0.2, 0.25) is 5.95 Å². The molecule has 2 aromatic heterocycles. The molecule has 2 aliphatic rings. The summed E-state index contributed by atoms with van der Waals surface area (Å²) in [7, 11) is 1.93. The predicted molar refractivity (Wildman–Crippen MR) is 150 cm³/mol. The number of halogens is 2. The first kappa shape index (κ1) is 25.9. The quantitative estimate of drug-likeness (QED) is 0.381. The summed E-state index contributed by atoms with van der Waals surface area (Å²) in [5, 5.41) is 14.5. The molecule has 4 aromatic rings. The number of rotatable bonds is 5. The van der Waals surface area contributed by atoms with Crippen molar-refractivity contribution in [1.82, 2.24) is 20.3 Å². The molecule has 40 heavy (non-hydrogen) atoms. The Morgan fingerprint density at radius 1 is 1.23 bits per heavy atom. The van der Waals surface area contributed by atoms with Gasteiger partial charge in [-0.05, 0) is 43.0 Å². The van der Waals surface area contributed by atoms with Gasteiger partial charge in [-0.15, -0.1) is 6.42 Å². The molecule has 0 aliphatic carbocycles. The Kier molecular flexibility index (Phi) is 6.89. The number of likely N-dealkylation sites (N-methyl/N-ethyl adjacent to an activating group) is 1. The number of nitrogens with one attached hydrogen (secondary N) is 1. The molecule has 2 fully saturated rings. The number of nitrogens with zero attached hydrogens (tertiary/aromatic N) is 6. The molecule has 2 aromatic carbocycles. The van der Waals surface area contributed by atoms with Crippen LogP contribution in [-0.2, 0) is 4.74 Å². The molecule has 0 bridgehead atoms. The molecule has 0 amide bonds. The van der Waals surface area contributed by atoms with E-state index in [4.69, 9.17) is 16.1 Å². The largest absolute Gasteiger partial charge is 0.378 e. The summed E-state index contributed by atoms with van der Waals surface area (Å²) in [5.74, 6) is 2.07. The molecule has 10 heteroatoms. The fourth-order valence-electron chi connectivity index (χ4n) is 5.58. The van der Waals surface area contributed by atoms with Crippen molar-refractivity contribution >= 4 is 33.4 Å². The summed E-state index contributed by atoms with van der Waals surface area (Å²) < 4.78 is 36.8. The topological polar surface area (TPSA) is 90.2 Å². The van der Waals surface area contributed by atoms with Crippen molar-refractivity contribution in [3.05, 3.63) is 53.2 Å². The molecule has 2 aliphatic heterocycles. The maximum Gasteiger partial charge on any atom is 0.228 e. The van der Waals surface area contributed by atoms with Gasteiger partial charge in [0.15, 0.2) is 5.82 Å². The van der Waals surface area contributed by atoms with Crippen LogP contribution in [0.3, 0.4) is 0 Å². The van der Waals surface area contributed by atoms with Crippen LogP contribution >= 0.6 is 0 Å². The molecule has 1 N–H and O–H groups in total. The molecule has 202 valence electrons. The molecule has 4 heterocycles. The monoisotopic (exact) mass is 539 g/mol. The van der Waals surface area contributed by atoms with Crippen LogP contribution in [0.4, 0.5) is 20.5 Å². The lowest BCUT2D eigenvalue weighted by Crippen LogP contribution is -2.38. The minimum Gasteiger partial charge on any atom is -0.378 e. The smallest absolute Gasteiger partial charge is 0.228 e. The Morgan fingerprint density at radius 3 is 2.77 bits per heavy atom. The average molecular weight is 540 g/mol. The summed E-state index contributed by atoms with van der Waals surface area (Å²) in [6.45, 7) is 3.87. The highest BCUT2D eigenvalue weighted by Crippen LogP contribution is 2.37. The highest BCUT2D eigenvalue weighted by Gasteiger charge is 2.25. The standard InChI is InChI=1S/C30H27F2N7O/c1-3-21-24(31)7-6-19-13-18(15-33)14-22(25(19)21)27-26(32)28-23(16-35-27)29(38(2)17-20-5-4-8-34-20)37-30(36-28)39-9-11-40-12-10-39/h1,6-7,13-14,16,20,34H,4-5,8-12,17H2,2H3/t20-/m0/s1. The lowest BCUT2D eigenvalue weighted by molar-refractivity contribution is 0.122. The van der Waals surface area contributed by atoms with E-state index in [1.165, 1.54) is 18.2 Å². The fourth-order valence-corrected chi connectivity index (χ4v) is 5.58. The summed E-state index contributed by atoms with van der Waals surface area (Å²) in [4.78, 5) is 18.0. The summed E-state index contributed by atoms with van der Waals surface area (Å²) >= 11 is 0. The number of aromatic nitrogens is 3. The van der Waals surface area contributed by atoms with Crippen molar-refractivity contribution in [1.29, 1.82) is 5.26 Å². The Balaban J connectivity index is 1.58. The number of fused-ring (bicyclic) bond motifs is 2. The zero-order chi connectivity index (χ0) is 27.8. The molecule has 1 atom stereocenters. The second-order valence-electron chi connectivity index (χ2n) is 10.1. The van der Waals surface area contributed by atoms with Crippen LogP contribution in [0.25, 0.3) is 32.9 Å². The number of benzene rings is 2. The second-order valence-corrected chi connectivity index (χ2v) is 10.1. The highest BCUT2D eigenvalue weighted by molar-refractivity contribution is 6.03. The molecule has 6 rings (SSSR count). The first-order chi connectivity index (χ1) is 19.5. The molecular weight excluding hydrogens is 512 g/mol. The van der Waals surface area contributed by atoms with Gasteiger partial charge in [-0.3, -0.25) is 4.98 Å². The summed E-state index contributed by atoms with van der Waals surface area (Å²) in [6, 6.07) is 8.26. The van der Waals surface area contributed by atoms with Crippen molar-refractivity contribution in [2.75, 3.05) is 56.2 Å².